The highest BCUT2D eigenvalue weighted by molar-refractivity contribution is 7.99. The van der Waals surface area contributed by atoms with Crippen LogP contribution in [-0.2, 0) is 0 Å². The number of hydrogen-bond acceptors (Lipinski definition) is 5. The van der Waals surface area contributed by atoms with Gasteiger partial charge in [-0.3, -0.25) is 4.79 Å². The first-order chi connectivity index (χ1) is 8.02. The van der Waals surface area contributed by atoms with Crippen LogP contribution in [0.15, 0.2) is 27.1 Å². The van der Waals surface area contributed by atoms with E-state index in [4.69, 9.17) is 11.6 Å². The first-order valence-corrected chi connectivity index (χ1v) is 5.99. The average Bonchev–Trinajstić information content (AvgIpc) is 2.13. The van der Waals surface area contributed by atoms with Crippen molar-refractivity contribution in [2.45, 2.75) is 24.0 Å². The van der Waals surface area contributed by atoms with E-state index in [-0.39, 0.29) is 10.8 Å². The molecule has 2 heterocycles. The minimum absolute atomic E-state index is 0.183. The third kappa shape index (κ3) is 3.28. The number of nitrogens with one attached hydrogen (secondary N) is 1. The number of H-pyrrole nitrogens is 1. The number of hydrogen-bond donors (Lipinski definition) is 1. The maximum atomic E-state index is 11.3. The Morgan fingerprint density at radius 3 is 2.53 bits per heavy atom. The van der Waals surface area contributed by atoms with E-state index in [9.17, 15) is 4.79 Å². The summed E-state index contributed by atoms with van der Waals surface area (Å²) in [5, 5.41) is 1.32. The first-order valence-electron chi connectivity index (χ1n) is 4.80. The van der Waals surface area contributed by atoms with Gasteiger partial charge < -0.3 is 4.98 Å². The van der Waals surface area contributed by atoms with Gasteiger partial charge in [0.05, 0.1) is 0 Å². The number of aromatic nitrogens is 4. The molecule has 0 aromatic carbocycles. The Labute approximate surface area is 107 Å². The second kappa shape index (κ2) is 4.85. The van der Waals surface area contributed by atoms with Crippen LogP contribution in [0.2, 0.25) is 5.28 Å². The second-order valence-corrected chi connectivity index (χ2v) is 4.76. The van der Waals surface area contributed by atoms with Gasteiger partial charge in [-0.2, -0.15) is 0 Å². The minimum atomic E-state index is -0.183. The fourth-order valence-corrected chi connectivity index (χ4v) is 2.43. The fraction of sp³-hybridized carbons (Fsp3) is 0.200. The number of aromatic amines is 1. The van der Waals surface area contributed by atoms with Crippen molar-refractivity contribution in [3.05, 3.63) is 39.2 Å². The topological polar surface area (TPSA) is 71.5 Å². The van der Waals surface area contributed by atoms with E-state index >= 15 is 0 Å². The first kappa shape index (κ1) is 12.1. The van der Waals surface area contributed by atoms with E-state index in [1.807, 2.05) is 6.92 Å². The number of aryl methyl sites for hydroxylation is 2. The van der Waals surface area contributed by atoms with Gasteiger partial charge in [-0.1, -0.05) is 0 Å². The van der Waals surface area contributed by atoms with Crippen LogP contribution in [0.5, 0.6) is 0 Å². The molecule has 0 saturated carbocycles. The monoisotopic (exact) mass is 268 g/mol. The maximum Gasteiger partial charge on any atom is 0.251 e. The Morgan fingerprint density at radius 1 is 1.18 bits per heavy atom. The summed E-state index contributed by atoms with van der Waals surface area (Å²) in [6, 6.07) is 3.21. The van der Waals surface area contributed by atoms with Crippen LogP contribution < -0.4 is 5.56 Å². The number of nitrogens with zero attached hydrogens (tertiary/aromatic N) is 3. The molecule has 2 aromatic rings. The van der Waals surface area contributed by atoms with E-state index in [1.165, 1.54) is 17.8 Å². The molecule has 0 aliphatic rings. The van der Waals surface area contributed by atoms with Crippen molar-refractivity contribution in [2.75, 3.05) is 0 Å². The lowest BCUT2D eigenvalue weighted by Gasteiger charge is -2.02. The Bertz CT molecular complexity index is 593. The predicted octanol–water partition coefficient (Wildman–Crippen LogP) is 1.98. The van der Waals surface area contributed by atoms with Crippen LogP contribution in [0.1, 0.15) is 11.4 Å². The standard InChI is InChI=1S/C10H9ClN4OS/c1-5-3-7(16)14-10(13-5)17-8-4-6(2)12-9(11)15-8/h3-4H,1-2H3,(H,13,14,16). The highest BCUT2D eigenvalue weighted by Crippen LogP contribution is 2.23. The van der Waals surface area contributed by atoms with Gasteiger partial charge in [0.15, 0.2) is 5.16 Å². The molecule has 0 radical (unpaired) electrons. The molecule has 1 N–H and O–H groups in total. The van der Waals surface area contributed by atoms with Crippen molar-refractivity contribution >= 4 is 23.4 Å². The maximum absolute atomic E-state index is 11.3. The minimum Gasteiger partial charge on any atom is -0.301 e. The number of rotatable bonds is 2. The van der Waals surface area contributed by atoms with Crippen molar-refractivity contribution in [1.82, 2.24) is 19.9 Å². The summed E-state index contributed by atoms with van der Waals surface area (Å²) in [6.45, 7) is 3.58. The van der Waals surface area contributed by atoms with Gasteiger partial charge in [0.25, 0.3) is 5.56 Å². The highest BCUT2D eigenvalue weighted by atomic mass is 35.5. The molecule has 0 spiro atoms. The molecule has 2 rings (SSSR count). The molecule has 0 bridgehead atoms. The second-order valence-electron chi connectivity index (χ2n) is 3.41. The van der Waals surface area contributed by atoms with Crippen molar-refractivity contribution < 1.29 is 0 Å². The largest absolute Gasteiger partial charge is 0.301 e. The zero-order chi connectivity index (χ0) is 12.4. The molecule has 17 heavy (non-hydrogen) atoms. The number of halogens is 1. The molecule has 0 aliphatic carbocycles. The normalized spacial score (nSPS) is 10.5. The highest BCUT2D eigenvalue weighted by Gasteiger charge is 2.05. The molecule has 88 valence electrons. The van der Waals surface area contributed by atoms with Gasteiger partial charge in [0.1, 0.15) is 5.03 Å². The molecule has 0 aliphatic heterocycles. The van der Waals surface area contributed by atoms with Crippen LogP contribution in [0, 0.1) is 13.8 Å². The third-order valence-electron chi connectivity index (χ3n) is 1.85. The van der Waals surface area contributed by atoms with Gasteiger partial charge in [-0.05, 0) is 43.3 Å². The fourth-order valence-electron chi connectivity index (χ4n) is 1.26. The van der Waals surface area contributed by atoms with E-state index < -0.39 is 0 Å². The van der Waals surface area contributed by atoms with Crippen molar-refractivity contribution in [3.8, 4) is 0 Å². The Kier molecular flexibility index (Phi) is 3.44. The summed E-state index contributed by atoms with van der Waals surface area (Å²) < 4.78 is 0. The lowest BCUT2D eigenvalue weighted by Crippen LogP contribution is -2.08. The van der Waals surface area contributed by atoms with Crippen LogP contribution in [0.4, 0.5) is 0 Å². The summed E-state index contributed by atoms with van der Waals surface area (Å²) >= 11 is 6.99. The lowest BCUT2D eigenvalue weighted by atomic mass is 10.5. The molecule has 5 nitrogen and oxygen atoms in total. The third-order valence-corrected chi connectivity index (χ3v) is 2.83. The van der Waals surface area contributed by atoms with E-state index in [0.717, 1.165) is 5.69 Å². The van der Waals surface area contributed by atoms with Crippen LogP contribution in [0.25, 0.3) is 0 Å². The van der Waals surface area contributed by atoms with Gasteiger partial charge >= 0.3 is 0 Å². The van der Waals surface area contributed by atoms with Gasteiger partial charge in [-0.25, -0.2) is 15.0 Å². The van der Waals surface area contributed by atoms with Crippen molar-refractivity contribution in [2.24, 2.45) is 0 Å². The quantitative estimate of drug-likeness (QED) is 0.666. The molecule has 0 saturated heterocycles. The molecule has 2 aromatic heterocycles. The van der Waals surface area contributed by atoms with Gasteiger partial charge in [0.2, 0.25) is 5.28 Å². The molecular weight excluding hydrogens is 260 g/mol. The molecule has 0 atom stereocenters. The van der Waals surface area contributed by atoms with Crippen molar-refractivity contribution in [3.63, 3.8) is 0 Å². The van der Waals surface area contributed by atoms with E-state index in [0.29, 0.717) is 15.9 Å². The summed E-state index contributed by atoms with van der Waals surface area (Å²) in [4.78, 5) is 26.1. The summed E-state index contributed by atoms with van der Waals surface area (Å²) in [5.74, 6) is 0. The Balaban J connectivity index is 2.34. The average molecular weight is 269 g/mol. The zero-order valence-electron chi connectivity index (χ0n) is 9.19. The molecule has 0 fully saturated rings. The van der Waals surface area contributed by atoms with E-state index in [1.54, 1.807) is 13.0 Å². The molecule has 0 unspecified atom stereocenters. The van der Waals surface area contributed by atoms with E-state index in [2.05, 4.69) is 19.9 Å². The van der Waals surface area contributed by atoms with Crippen LogP contribution in [0.3, 0.4) is 0 Å². The molecule has 0 amide bonds. The lowest BCUT2D eigenvalue weighted by molar-refractivity contribution is 0.899. The van der Waals surface area contributed by atoms with Crippen LogP contribution in [-0.4, -0.2) is 19.9 Å². The van der Waals surface area contributed by atoms with Gasteiger partial charge in [-0.15, -0.1) is 0 Å². The zero-order valence-corrected chi connectivity index (χ0v) is 10.8. The molecular formula is C10H9ClN4OS. The summed E-state index contributed by atoms with van der Waals surface area (Å²) in [5.41, 5.74) is 1.24. The predicted molar refractivity (Wildman–Crippen MR) is 65.5 cm³/mol. The van der Waals surface area contributed by atoms with Crippen molar-refractivity contribution in [1.29, 1.82) is 0 Å². The summed E-state index contributed by atoms with van der Waals surface area (Å²) in [7, 11) is 0. The Morgan fingerprint density at radius 2 is 1.88 bits per heavy atom. The van der Waals surface area contributed by atoms with Crippen LogP contribution >= 0.6 is 23.4 Å². The smallest absolute Gasteiger partial charge is 0.251 e. The summed E-state index contributed by atoms with van der Waals surface area (Å²) in [6.07, 6.45) is 0. The Hall–Kier alpha value is -1.40. The van der Waals surface area contributed by atoms with Gasteiger partial charge in [0, 0.05) is 17.5 Å². The SMILES string of the molecule is Cc1cc(Sc2nc(C)cc(=O)[nH]2)nc(Cl)n1. The molecule has 7 heteroatoms.